The van der Waals surface area contributed by atoms with Crippen molar-refractivity contribution in [2.24, 2.45) is 0 Å². The lowest BCUT2D eigenvalue weighted by atomic mass is 10.2. The van der Waals surface area contributed by atoms with Crippen LogP contribution in [-0.4, -0.2) is 11.8 Å². The topological polar surface area (TPSA) is 43.4 Å². The highest BCUT2D eigenvalue weighted by Gasteiger charge is 2.12. The SMILES string of the molecule is CC(=O)C(=O)Oc1ccccc1CBr. The number of rotatable bonds is 3. The minimum Gasteiger partial charge on any atom is -0.420 e. The van der Waals surface area contributed by atoms with Crippen molar-refractivity contribution >= 4 is 27.7 Å². The van der Waals surface area contributed by atoms with Crippen LogP contribution in [0.4, 0.5) is 0 Å². The number of carbonyl (C=O) groups excluding carboxylic acids is 2. The first-order valence-corrected chi connectivity index (χ1v) is 5.14. The Morgan fingerprint density at radius 2 is 2.00 bits per heavy atom. The maximum absolute atomic E-state index is 11.0. The molecule has 0 saturated heterocycles. The average molecular weight is 257 g/mol. The van der Waals surface area contributed by atoms with E-state index in [1.807, 2.05) is 12.1 Å². The molecule has 0 unspecified atom stereocenters. The molecular weight excluding hydrogens is 248 g/mol. The number of esters is 1. The first-order chi connectivity index (χ1) is 6.65. The van der Waals surface area contributed by atoms with Gasteiger partial charge in [0.05, 0.1) is 0 Å². The summed E-state index contributed by atoms with van der Waals surface area (Å²) in [7, 11) is 0. The van der Waals surface area contributed by atoms with Gasteiger partial charge in [0.25, 0.3) is 0 Å². The second-order valence-corrected chi connectivity index (χ2v) is 3.25. The summed E-state index contributed by atoms with van der Waals surface area (Å²) in [5, 5.41) is 0.578. The Kier molecular flexibility index (Phi) is 3.83. The fourth-order valence-electron chi connectivity index (χ4n) is 0.886. The van der Waals surface area contributed by atoms with Gasteiger partial charge in [-0.25, -0.2) is 4.79 Å². The molecular formula is C10H9BrO3. The summed E-state index contributed by atoms with van der Waals surface area (Å²) in [5.74, 6) is -1.02. The smallest absolute Gasteiger partial charge is 0.379 e. The minimum atomic E-state index is -0.835. The van der Waals surface area contributed by atoms with Gasteiger partial charge < -0.3 is 4.74 Å². The Morgan fingerprint density at radius 3 is 2.57 bits per heavy atom. The fraction of sp³-hybridized carbons (Fsp3) is 0.200. The molecule has 0 amide bonds. The quantitative estimate of drug-likeness (QED) is 0.360. The third-order valence-electron chi connectivity index (χ3n) is 1.61. The molecule has 74 valence electrons. The van der Waals surface area contributed by atoms with E-state index in [1.54, 1.807) is 12.1 Å². The van der Waals surface area contributed by atoms with Gasteiger partial charge in [-0.3, -0.25) is 4.79 Å². The molecule has 4 heteroatoms. The Balaban J connectivity index is 2.85. The number of hydrogen-bond donors (Lipinski definition) is 0. The van der Waals surface area contributed by atoms with Crippen LogP contribution in [0.15, 0.2) is 24.3 Å². The Labute approximate surface area is 90.2 Å². The zero-order chi connectivity index (χ0) is 10.6. The van der Waals surface area contributed by atoms with Crippen LogP contribution in [0.1, 0.15) is 12.5 Å². The van der Waals surface area contributed by atoms with Gasteiger partial charge in [0.1, 0.15) is 5.75 Å². The molecule has 0 fully saturated rings. The number of halogens is 1. The monoisotopic (exact) mass is 256 g/mol. The number of para-hydroxylation sites is 1. The minimum absolute atomic E-state index is 0.421. The Hall–Kier alpha value is -1.16. The third-order valence-corrected chi connectivity index (χ3v) is 2.21. The van der Waals surface area contributed by atoms with Crippen molar-refractivity contribution in [3.8, 4) is 5.75 Å². The largest absolute Gasteiger partial charge is 0.420 e. The standard InChI is InChI=1S/C10H9BrO3/c1-7(12)10(13)14-9-5-3-2-4-8(9)6-11/h2-5H,6H2,1H3. The van der Waals surface area contributed by atoms with Gasteiger partial charge in [0.15, 0.2) is 0 Å². The van der Waals surface area contributed by atoms with E-state index in [1.165, 1.54) is 6.92 Å². The molecule has 0 saturated carbocycles. The second-order valence-electron chi connectivity index (χ2n) is 2.69. The number of ether oxygens (including phenoxy) is 1. The maximum atomic E-state index is 11.0. The molecule has 1 rings (SSSR count). The first kappa shape index (κ1) is 10.9. The molecule has 14 heavy (non-hydrogen) atoms. The molecule has 0 aromatic heterocycles. The molecule has 0 radical (unpaired) electrons. The predicted molar refractivity (Wildman–Crippen MR) is 55.4 cm³/mol. The molecule has 0 N–H and O–H groups in total. The summed E-state index contributed by atoms with van der Waals surface area (Å²) >= 11 is 3.26. The number of hydrogen-bond acceptors (Lipinski definition) is 3. The number of alkyl halides is 1. The Morgan fingerprint density at radius 1 is 1.36 bits per heavy atom. The van der Waals surface area contributed by atoms with Crippen molar-refractivity contribution in [3.63, 3.8) is 0 Å². The Bertz CT molecular complexity index is 360. The van der Waals surface area contributed by atoms with Gasteiger partial charge in [-0.05, 0) is 6.07 Å². The zero-order valence-corrected chi connectivity index (χ0v) is 9.21. The summed E-state index contributed by atoms with van der Waals surface area (Å²) in [6, 6.07) is 7.05. The number of benzene rings is 1. The van der Waals surface area contributed by atoms with Gasteiger partial charge in [-0.1, -0.05) is 34.1 Å². The summed E-state index contributed by atoms with van der Waals surface area (Å²) in [6.07, 6.45) is 0. The summed E-state index contributed by atoms with van der Waals surface area (Å²) in [5.41, 5.74) is 0.835. The highest BCUT2D eigenvalue weighted by atomic mass is 79.9. The number of carbonyl (C=O) groups is 2. The van der Waals surface area contributed by atoms with Crippen LogP contribution in [-0.2, 0) is 14.9 Å². The van der Waals surface area contributed by atoms with Gasteiger partial charge in [0, 0.05) is 17.8 Å². The van der Waals surface area contributed by atoms with Crippen molar-refractivity contribution in [2.45, 2.75) is 12.3 Å². The number of ketones is 1. The highest BCUT2D eigenvalue weighted by Crippen LogP contribution is 2.20. The van der Waals surface area contributed by atoms with E-state index in [-0.39, 0.29) is 0 Å². The van der Waals surface area contributed by atoms with E-state index in [2.05, 4.69) is 15.9 Å². The van der Waals surface area contributed by atoms with Gasteiger partial charge >= 0.3 is 5.97 Å². The van der Waals surface area contributed by atoms with E-state index in [9.17, 15) is 9.59 Å². The van der Waals surface area contributed by atoms with Gasteiger partial charge in [-0.15, -0.1) is 0 Å². The van der Waals surface area contributed by atoms with Crippen LogP contribution in [0, 0.1) is 0 Å². The van der Waals surface area contributed by atoms with Gasteiger partial charge in [0.2, 0.25) is 5.78 Å². The van der Waals surface area contributed by atoms with E-state index < -0.39 is 11.8 Å². The number of Topliss-reactive ketones (excluding diaryl/α,β-unsaturated/α-hetero) is 1. The molecule has 0 bridgehead atoms. The molecule has 0 aliphatic heterocycles. The van der Waals surface area contributed by atoms with Crippen molar-refractivity contribution in [1.29, 1.82) is 0 Å². The molecule has 1 aromatic rings. The molecule has 0 heterocycles. The third kappa shape index (κ3) is 2.67. The van der Waals surface area contributed by atoms with Gasteiger partial charge in [-0.2, -0.15) is 0 Å². The van der Waals surface area contributed by atoms with Crippen LogP contribution in [0.2, 0.25) is 0 Å². The van der Waals surface area contributed by atoms with E-state index in [0.29, 0.717) is 11.1 Å². The predicted octanol–water partition coefficient (Wildman–Crippen LogP) is 2.08. The lowest BCUT2D eigenvalue weighted by molar-refractivity contribution is -0.146. The molecule has 3 nitrogen and oxygen atoms in total. The van der Waals surface area contributed by atoms with Crippen LogP contribution >= 0.6 is 15.9 Å². The highest BCUT2D eigenvalue weighted by molar-refractivity contribution is 9.08. The molecule has 0 aliphatic rings. The second kappa shape index (κ2) is 4.91. The lowest BCUT2D eigenvalue weighted by Gasteiger charge is -2.05. The molecule has 0 atom stereocenters. The van der Waals surface area contributed by atoms with Crippen molar-refractivity contribution < 1.29 is 14.3 Å². The van der Waals surface area contributed by atoms with Crippen LogP contribution in [0.5, 0.6) is 5.75 Å². The van der Waals surface area contributed by atoms with Crippen LogP contribution in [0.25, 0.3) is 0 Å². The van der Waals surface area contributed by atoms with Crippen molar-refractivity contribution in [2.75, 3.05) is 0 Å². The van der Waals surface area contributed by atoms with Crippen molar-refractivity contribution in [1.82, 2.24) is 0 Å². The summed E-state index contributed by atoms with van der Waals surface area (Å²) < 4.78 is 4.88. The summed E-state index contributed by atoms with van der Waals surface area (Å²) in [4.78, 5) is 21.7. The lowest BCUT2D eigenvalue weighted by Crippen LogP contribution is -2.17. The van der Waals surface area contributed by atoms with Crippen LogP contribution in [0.3, 0.4) is 0 Å². The van der Waals surface area contributed by atoms with Crippen molar-refractivity contribution in [3.05, 3.63) is 29.8 Å². The van der Waals surface area contributed by atoms with E-state index in [0.717, 1.165) is 5.56 Å². The van der Waals surface area contributed by atoms with E-state index in [4.69, 9.17) is 4.74 Å². The zero-order valence-electron chi connectivity index (χ0n) is 7.62. The molecule has 0 aliphatic carbocycles. The normalized spacial score (nSPS) is 9.57. The first-order valence-electron chi connectivity index (χ1n) is 4.01. The summed E-state index contributed by atoms with van der Waals surface area (Å²) in [6.45, 7) is 1.18. The molecule has 0 spiro atoms. The average Bonchev–Trinajstić information content (AvgIpc) is 2.18. The van der Waals surface area contributed by atoms with Crippen LogP contribution < -0.4 is 4.74 Å². The molecule has 1 aromatic carbocycles. The maximum Gasteiger partial charge on any atom is 0.379 e. The fourth-order valence-corrected chi connectivity index (χ4v) is 1.35. The van der Waals surface area contributed by atoms with E-state index >= 15 is 0 Å².